The van der Waals surface area contributed by atoms with Gasteiger partial charge in [0.1, 0.15) is 0 Å². The van der Waals surface area contributed by atoms with Gasteiger partial charge in [-0.1, -0.05) is 23.7 Å². The second kappa shape index (κ2) is 10.7. The fourth-order valence-electron chi connectivity index (χ4n) is 3.07. The Morgan fingerprint density at radius 3 is 2.40 bits per heavy atom. The molecule has 5 nitrogen and oxygen atoms in total. The van der Waals surface area contributed by atoms with E-state index in [1.54, 1.807) is 24.3 Å². The molecule has 0 aliphatic rings. The second-order valence-electron chi connectivity index (χ2n) is 6.61. The van der Waals surface area contributed by atoms with Crippen LogP contribution in [0.1, 0.15) is 36.5 Å². The predicted octanol–water partition coefficient (Wildman–Crippen LogP) is 5.93. The molecule has 0 amide bonds. The highest BCUT2D eigenvalue weighted by molar-refractivity contribution is 6.30. The molecule has 0 aliphatic carbocycles. The van der Waals surface area contributed by atoms with Crippen LogP contribution in [0, 0.1) is 0 Å². The molecule has 2 aromatic carbocycles. The molecule has 0 bridgehead atoms. The molecule has 0 aliphatic heterocycles. The molecule has 0 saturated carbocycles. The smallest absolute Gasteiger partial charge is 0.418 e. The van der Waals surface area contributed by atoms with Crippen LogP contribution in [0.4, 0.5) is 24.5 Å². The van der Waals surface area contributed by atoms with Crippen LogP contribution in [0.25, 0.3) is 0 Å². The quantitative estimate of drug-likeness (QED) is 0.474. The maximum Gasteiger partial charge on any atom is 0.418 e. The van der Waals surface area contributed by atoms with Crippen molar-refractivity contribution in [1.29, 1.82) is 0 Å². The van der Waals surface area contributed by atoms with Gasteiger partial charge in [0.15, 0.2) is 6.10 Å². The average Bonchev–Trinajstić information content (AvgIpc) is 2.67. The number of halogens is 4. The van der Waals surface area contributed by atoms with Gasteiger partial charge in [-0.15, -0.1) is 0 Å². The van der Waals surface area contributed by atoms with Crippen molar-refractivity contribution in [2.24, 2.45) is 0 Å². The number of carboxylic acids is 1. The molecule has 2 aromatic rings. The normalized spacial score (nSPS) is 13.7. The summed E-state index contributed by atoms with van der Waals surface area (Å²) in [6, 6.07) is 10.8. The van der Waals surface area contributed by atoms with Crippen molar-refractivity contribution in [3.63, 3.8) is 0 Å². The molecule has 0 aromatic heterocycles. The summed E-state index contributed by atoms with van der Waals surface area (Å²) in [7, 11) is 1.44. The van der Waals surface area contributed by atoms with E-state index in [4.69, 9.17) is 26.2 Å². The van der Waals surface area contributed by atoms with Gasteiger partial charge in [0.25, 0.3) is 0 Å². The van der Waals surface area contributed by atoms with Crippen LogP contribution >= 0.6 is 11.6 Å². The lowest BCUT2D eigenvalue weighted by molar-refractivity contribution is -0.222. The molecule has 2 rings (SSSR count). The summed E-state index contributed by atoms with van der Waals surface area (Å²) in [5.74, 6) is -1.56. The molecule has 30 heavy (non-hydrogen) atoms. The maximum absolute atomic E-state index is 13.6. The van der Waals surface area contributed by atoms with Gasteiger partial charge in [0.2, 0.25) is 0 Å². The third-order valence-electron chi connectivity index (χ3n) is 4.37. The monoisotopic (exact) mass is 445 g/mol. The van der Waals surface area contributed by atoms with Gasteiger partial charge >= 0.3 is 12.1 Å². The van der Waals surface area contributed by atoms with Crippen LogP contribution in [-0.4, -0.2) is 37.6 Å². The van der Waals surface area contributed by atoms with Gasteiger partial charge in [-0.2, -0.15) is 13.2 Å². The molecule has 164 valence electrons. The molecular formula is C21H23ClF3NO4. The zero-order valence-electron chi connectivity index (χ0n) is 16.5. The minimum atomic E-state index is -4.62. The second-order valence-corrected chi connectivity index (χ2v) is 7.04. The SMILES string of the molecule is CCO[C@@H](c1ccc([C@@H](COC)CC(=O)O)cc1Nc1ccc(Cl)cc1)C(F)(F)F. The summed E-state index contributed by atoms with van der Waals surface area (Å²) in [4.78, 5) is 11.2. The molecule has 2 atom stereocenters. The molecule has 0 saturated heterocycles. The van der Waals surface area contributed by atoms with Crippen molar-refractivity contribution in [2.45, 2.75) is 31.5 Å². The first-order valence-corrected chi connectivity index (χ1v) is 9.59. The fraction of sp³-hybridized carbons (Fsp3) is 0.381. The zero-order chi connectivity index (χ0) is 22.3. The van der Waals surface area contributed by atoms with E-state index in [0.717, 1.165) is 0 Å². The van der Waals surface area contributed by atoms with Gasteiger partial charge in [-0.25, -0.2) is 0 Å². The number of rotatable bonds is 10. The highest BCUT2D eigenvalue weighted by Gasteiger charge is 2.43. The molecule has 0 unspecified atom stereocenters. The molecule has 0 heterocycles. The lowest BCUT2D eigenvalue weighted by atomic mass is 9.93. The summed E-state index contributed by atoms with van der Waals surface area (Å²) in [6.07, 6.45) is -6.98. The third kappa shape index (κ3) is 6.62. The predicted molar refractivity (Wildman–Crippen MR) is 108 cm³/mol. The number of alkyl halides is 3. The summed E-state index contributed by atoms with van der Waals surface area (Å²) in [5, 5.41) is 12.6. The Kier molecular flexibility index (Phi) is 8.52. The summed E-state index contributed by atoms with van der Waals surface area (Å²) in [5.41, 5.74) is 1.13. The van der Waals surface area contributed by atoms with Gasteiger partial charge in [-0.05, 0) is 42.8 Å². The first-order chi connectivity index (χ1) is 14.2. The van der Waals surface area contributed by atoms with Crippen LogP contribution in [0.3, 0.4) is 0 Å². The van der Waals surface area contributed by atoms with Crippen molar-refractivity contribution in [3.8, 4) is 0 Å². The summed E-state index contributed by atoms with van der Waals surface area (Å²) < 4.78 is 51.0. The Hall–Kier alpha value is -2.29. The van der Waals surface area contributed by atoms with Gasteiger partial charge in [0, 0.05) is 41.6 Å². The first-order valence-electron chi connectivity index (χ1n) is 9.21. The number of hydrogen-bond acceptors (Lipinski definition) is 4. The lowest BCUT2D eigenvalue weighted by Gasteiger charge is -2.25. The Morgan fingerprint density at radius 1 is 1.20 bits per heavy atom. The number of ether oxygens (including phenoxy) is 2. The molecule has 9 heteroatoms. The summed E-state index contributed by atoms with van der Waals surface area (Å²) in [6.45, 7) is 1.47. The Balaban J connectivity index is 2.54. The van der Waals surface area contributed by atoms with E-state index in [1.807, 2.05) is 0 Å². The molecule has 0 fully saturated rings. The van der Waals surface area contributed by atoms with Gasteiger partial charge in [-0.3, -0.25) is 4.79 Å². The maximum atomic E-state index is 13.6. The number of hydrogen-bond donors (Lipinski definition) is 2. The molecule has 2 N–H and O–H groups in total. The van der Waals surface area contributed by atoms with E-state index in [0.29, 0.717) is 16.3 Å². The van der Waals surface area contributed by atoms with E-state index in [9.17, 15) is 18.0 Å². The fourth-order valence-corrected chi connectivity index (χ4v) is 3.19. The highest BCUT2D eigenvalue weighted by Crippen LogP contribution is 2.41. The van der Waals surface area contributed by atoms with E-state index < -0.39 is 24.2 Å². The van der Waals surface area contributed by atoms with E-state index in [1.165, 1.54) is 32.2 Å². The zero-order valence-corrected chi connectivity index (χ0v) is 17.3. The first kappa shape index (κ1) is 24.0. The number of methoxy groups -OCH3 is 1. The molecule has 0 radical (unpaired) electrons. The number of benzene rings is 2. The third-order valence-corrected chi connectivity index (χ3v) is 4.63. The molecular weight excluding hydrogens is 423 g/mol. The Bertz CT molecular complexity index is 843. The Labute approximate surface area is 177 Å². The van der Waals surface area contributed by atoms with Crippen LogP contribution in [0.2, 0.25) is 5.02 Å². The minimum Gasteiger partial charge on any atom is -0.481 e. The number of nitrogens with one attached hydrogen (secondary N) is 1. The largest absolute Gasteiger partial charge is 0.481 e. The van der Waals surface area contributed by atoms with Crippen LogP contribution in [0.15, 0.2) is 42.5 Å². The minimum absolute atomic E-state index is 0.102. The highest BCUT2D eigenvalue weighted by atomic mass is 35.5. The van der Waals surface area contributed by atoms with E-state index >= 15 is 0 Å². The number of aliphatic carboxylic acids is 1. The van der Waals surface area contributed by atoms with Crippen molar-refractivity contribution >= 4 is 28.9 Å². The molecule has 0 spiro atoms. The standard InChI is InChI=1S/C21H23ClF3NO4/c1-3-30-20(21(23,24)25)17-9-4-13(14(12-29-2)11-19(27)28)10-18(17)26-16-7-5-15(22)6-8-16/h4-10,14,20,26H,3,11-12H2,1-2H3,(H,27,28)/t14-,20+/m1/s1. The van der Waals surface area contributed by atoms with E-state index in [-0.39, 0.29) is 30.9 Å². The average molecular weight is 446 g/mol. The van der Waals surface area contributed by atoms with Crippen molar-refractivity contribution < 1.29 is 32.5 Å². The van der Waals surface area contributed by atoms with Crippen LogP contribution in [-0.2, 0) is 14.3 Å². The van der Waals surface area contributed by atoms with Crippen LogP contribution in [0.5, 0.6) is 0 Å². The number of carbonyl (C=O) groups is 1. The van der Waals surface area contributed by atoms with Crippen molar-refractivity contribution in [1.82, 2.24) is 0 Å². The van der Waals surface area contributed by atoms with Crippen LogP contribution < -0.4 is 5.32 Å². The van der Waals surface area contributed by atoms with Crippen molar-refractivity contribution in [2.75, 3.05) is 25.6 Å². The van der Waals surface area contributed by atoms with Gasteiger partial charge in [0.05, 0.1) is 13.0 Å². The lowest BCUT2D eigenvalue weighted by Crippen LogP contribution is -2.24. The van der Waals surface area contributed by atoms with Crippen molar-refractivity contribution in [3.05, 3.63) is 58.6 Å². The Morgan fingerprint density at radius 2 is 1.87 bits per heavy atom. The number of carboxylic acid groups (broad SMARTS) is 1. The topological polar surface area (TPSA) is 67.8 Å². The van der Waals surface area contributed by atoms with E-state index in [2.05, 4.69) is 5.32 Å². The number of anilines is 2. The summed E-state index contributed by atoms with van der Waals surface area (Å²) >= 11 is 5.88. The van der Waals surface area contributed by atoms with Gasteiger partial charge < -0.3 is 19.9 Å².